The van der Waals surface area contributed by atoms with Gasteiger partial charge in [0.2, 0.25) is 0 Å². The van der Waals surface area contributed by atoms with E-state index in [4.69, 9.17) is 11.6 Å². The Kier molecular flexibility index (Phi) is 5.57. The quantitative estimate of drug-likeness (QED) is 0.646. The number of nitrogens with one attached hydrogen (secondary N) is 2. The number of urea groups is 1. The van der Waals surface area contributed by atoms with Gasteiger partial charge in [0.1, 0.15) is 0 Å². The van der Waals surface area contributed by atoms with Crippen molar-refractivity contribution in [3.63, 3.8) is 0 Å². The number of allylic oxidation sites excluding steroid dienone is 1. The number of rotatable bonds is 4. The summed E-state index contributed by atoms with van der Waals surface area (Å²) in [5.74, 6) is 0.0751. The molecule has 1 aromatic carbocycles. The number of hydrogen-bond donors (Lipinski definition) is 2. The standard InChI is InChI=1S/C14H16ClN3O3S/c15-12(8-11-4-2-1-3-5-11)9-16-18-14(19)17-13-6-7-22(20,21)10-13/h1-5,8-9,13H,6-7,10H2,(H2,17,18,19)/b12-8+,16-9+. The molecule has 0 saturated carbocycles. The zero-order valence-corrected chi connectivity index (χ0v) is 13.3. The Morgan fingerprint density at radius 2 is 2.05 bits per heavy atom. The van der Waals surface area contributed by atoms with Crippen molar-refractivity contribution in [1.29, 1.82) is 0 Å². The van der Waals surface area contributed by atoms with Gasteiger partial charge in [0.25, 0.3) is 0 Å². The van der Waals surface area contributed by atoms with Gasteiger partial charge in [-0.05, 0) is 18.1 Å². The van der Waals surface area contributed by atoms with Gasteiger partial charge in [0, 0.05) is 6.04 Å². The van der Waals surface area contributed by atoms with Crippen molar-refractivity contribution in [3.05, 3.63) is 40.9 Å². The second-order valence-corrected chi connectivity index (χ2v) is 7.55. The van der Waals surface area contributed by atoms with Gasteiger partial charge in [0.05, 0.1) is 22.8 Å². The Balaban J connectivity index is 1.79. The van der Waals surface area contributed by atoms with Gasteiger partial charge < -0.3 is 5.32 Å². The molecule has 2 rings (SSSR count). The number of sulfone groups is 1. The molecule has 0 aliphatic carbocycles. The third kappa shape index (κ3) is 5.50. The third-order valence-electron chi connectivity index (χ3n) is 3.03. The van der Waals surface area contributed by atoms with Crippen molar-refractivity contribution in [2.24, 2.45) is 5.10 Å². The summed E-state index contributed by atoms with van der Waals surface area (Å²) in [7, 11) is -3.02. The van der Waals surface area contributed by atoms with Crippen LogP contribution in [0.3, 0.4) is 0 Å². The first kappa shape index (κ1) is 16.5. The lowest BCUT2D eigenvalue weighted by Crippen LogP contribution is -2.40. The van der Waals surface area contributed by atoms with E-state index in [9.17, 15) is 13.2 Å². The van der Waals surface area contributed by atoms with Gasteiger partial charge in [-0.25, -0.2) is 18.6 Å². The maximum Gasteiger partial charge on any atom is 0.335 e. The first-order chi connectivity index (χ1) is 10.4. The molecule has 8 heteroatoms. The number of hydrogen-bond acceptors (Lipinski definition) is 4. The molecule has 0 radical (unpaired) electrons. The Labute approximate surface area is 134 Å². The number of benzene rings is 1. The number of hydrazone groups is 1. The zero-order valence-electron chi connectivity index (χ0n) is 11.7. The third-order valence-corrected chi connectivity index (χ3v) is 5.00. The van der Waals surface area contributed by atoms with E-state index in [1.54, 1.807) is 6.08 Å². The Hall–Kier alpha value is -1.86. The summed E-state index contributed by atoms with van der Waals surface area (Å²) in [5, 5.41) is 6.62. The molecule has 2 amide bonds. The minimum atomic E-state index is -3.02. The summed E-state index contributed by atoms with van der Waals surface area (Å²) in [4.78, 5) is 11.6. The molecule has 1 aliphatic heterocycles. The van der Waals surface area contributed by atoms with Crippen molar-refractivity contribution >= 4 is 39.8 Å². The predicted octanol–water partition coefficient (Wildman–Crippen LogP) is 1.74. The second kappa shape index (κ2) is 7.42. The van der Waals surface area contributed by atoms with E-state index in [1.165, 1.54) is 6.21 Å². The molecule has 1 unspecified atom stereocenters. The van der Waals surface area contributed by atoms with Crippen LogP contribution in [0.15, 0.2) is 40.5 Å². The van der Waals surface area contributed by atoms with Crippen LogP contribution < -0.4 is 10.7 Å². The largest absolute Gasteiger partial charge is 0.335 e. The Bertz CT molecular complexity index is 687. The minimum Gasteiger partial charge on any atom is -0.333 e. The molecule has 6 nitrogen and oxygen atoms in total. The normalized spacial score (nSPS) is 21.0. The number of nitrogens with zero attached hydrogens (tertiary/aromatic N) is 1. The number of amides is 2. The lowest BCUT2D eigenvalue weighted by atomic mass is 10.2. The lowest BCUT2D eigenvalue weighted by molar-refractivity contribution is 0.238. The van der Waals surface area contributed by atoms with E-state index in [0.29, 0.717) is 11.5 Å². The van der Waals surface area contributed by atoms with Gasteiger partial charge >= 0.3 is 6.03 Å². The molecule has 22 heavy (non-hydrogen) atoms. The molecule has 2 N–H and O–H groups in total. The van der Waals surface area contributed by atoms with E-state index >= 15 is 0 Å². The molecule has 1 aliphatic rings. The average molecular weight is 342 g/mol. The summed E-state index contributed by atoms with van der Waals surface area (Å²) in [6, 6.07) is 8.52. The van der Waals surface area contributed by atoms with Gasteiger partial charge in [0.15, 0.2) is 9.84 Å². The van der Waals surface area contributed by atoms with Crippen LogP contribution in [-0.4, -0.2) is 38.2 Å². The molecule has 1 heterocycles. The van der Waals surface area contributed by atoms with E-state index < -0.39 is 15.9 Å². The van der Waals surface area contributed by atoms with E-state index in [1.807, 2.05) is 30.3 Å². The van der Waals surface area contributed by atoms with Crippen LogP contribution in [0.2, 0.25) is 0 Å². The van der Waals surface area contributed by atoms with Crippen LogP contribution in [0.25, 0.3) is 6.08 Å². The average Bonchev–Trinajstić information content (AvgIpc) is 2.79. The zero-order chi connectivity index (χ0) is 16.0. The van der Waals surface area contributed by atoms with Crippen LogP contribution >= 0.6 is 11.6 Å². The van der Waals surface area contributed by atoms with Crippen molar-refractivity contribution < 1.29 is 13.2 Å². The Morgan fingerprint density at radius 3 is 2.68 bits per heavy atom. The van der Waals surface area contributed by atoms with Crippen LogP contribution in [0.1, 0.15) is 12.0 Å². The fourth-order valence-electron chi connectivity index (χ4n) is 2.02. The number of carbonyl (C=O) groups excluding carboxylic acids is 1. The first-order valence-electron chi connectivity index (χ1n) is 6.67. The highest BCUT2D eigenvalue weighted by Crippen LogP contribution is 2.11. The first-order valence-corrected chi connectivity index (χ1v) is 8.87. The van der Waals surface area contributed by atoms with Crippen molar-refractivity contribution in [2.75, 3.05) is 11.5 Å². The molecule has 1 atom stereocenters. The molecule has 1 aromatic rings. The summed E-state index contributed by atoms with van der Waals surface area (Å²) >= 11 is 5.97. The Morgan fingerprint density at radius 1 is 1.32 bits per heavy atom. The van der Waals surface area contributed by atoms with Gasteiger partial charge in [-0.2, -0.15) is 5.10 Å². The highest BCUT2D eigenvalue weighted by molar-refractivity contribution is 7.91. The van der Waals surface area contributed by atoms with E-state index in [2.05, 4.69) is 15.8 Å². The second-order valence-electron chi connectivity index (χ2n) is 4.88. The maximum atomic E-state index is 11.6. The van der Waals surface area contributed by atoms with Gasteiger partial charge in [-0.15, -0.1) is 0 Å². The van der Waals surface area contributed by atoms with Crippen LogP contribution in [0, 0.1) is 0 Å². The molecule has 0 spiro atoms. The summed E-state index contributed by atoms with van der Waals surface area (Å²) in [6.45, 7) is 0. The number of halogens is 1. The maximum absolute atomic E-state index is 11.6. The smallest absolute Gasteiger partial charge is 0.333 e. The van der Waals surface area contributed by atoms with E-state index in [-0.39, 0.29) is 17.5 Å². The highest BCUT2D eigenvalue weighted by Gasteiger charge is 2.28. The van der Waals surface area contributed by atoms with Crippen molar-refractivity contribution in [1.82, 2.24) is 10.7 Å². The number of carbonyl (C=O) groups is 1. The summed E-state index contributed by atoms with van der Waals surface area (Å²) in [6.07, 6.45) is 3.43. The molecule has 0 aromatic heterocycles. The monoisotopic (exact) mass is 341 g/mol. The lowest BCUT2D eigenvalue weighted by Gasteiger charge is -2.09. The molecule has 1 saturated heterocycles. The van der Waals surface area contributed by atoms with Gasteiger partial charge in [-0.3, -0.25) is 0 Å². The molecular weight excluding hydrogens is 326 g/mol. The van der Waals surface area contributed by atoms with Crippen LogP contribution in [0.4, 0.5) is 4.79 Å². The predicted molar refractivity (Wildman–Crippen MR) is 87.5 cm³/mol. The minimum absolute atomic E-state index is 0.0290. The van der Waals surface area contributed by atoms with Gasteiger partial charge in [-0.1, -0.05) is 41.9 Å². The molecular formula is C14H16ClN3O3S. The van der Waals surface area contributed by atoms with Crippen LogP contribution in [-0.2, 0) is 9.84 Å². The van der Waals surface area contributed by atoms with Crippen LogP contribution in [0.5, 0.6) is 0 Å². The topological polar surface area (TPSA) is 87.6 Å². The van der Waals surface area contributed by atoms with E-state index in [0.717, 1.165) is 5.56 Å². The molecule has 0 bridgehead atoms. The summed E-state index contributed by atoms with van der Waals surface area (Å²) in [5.41, 5.74) is 3.17. The SMILES string of the molecule is O=C(N/N=C/C(Cl)=C\c1ccccc1)NC1CCS(=O)(=O)C1. The fourth-order valence-corrected chi connectivity index (χ4v) is 3.87. The van der Waals surface area contributed by atoms with Crippen molar-refractivity contribution in [2.45, 2.75) is 12.5 Å². The highest BCUT2D eigenvalue weighted by atomic mass is 35.5. The molecule has 1 fully saturated rings. The summed E-state index contributed by atoms with van der Waals surface area (Å²) < 4.78 is 22.5. The van der Waals surface area contributed by atoms with Crippen molar-refractivity contribution in [3.8, 4) is 0 Å². The fraction of sp³-hybridized carbons (Fsp3) is 0.286. The molecule has 118 valence electrons.